The summed E-state index contributed by atoms with van der Waals surface area (Å²) < 4.78 is 0. The van der Waals surface area contributed by atoms with E-state index in [0.29, 0.717) is 0 Å². The Morgan fingerprint density at radius 1 is 0.692 bits per heavy atom. The minimum absolute atomic E-state index is 0.774. The van der Waals surface area contributed by atoms with Crippen molar-refractivity contribution in [3.05, 3.63) is 71.8 Å². The van der Waals surface area contributed by atoms with Gasteiger partial charge in [0.1, 0.15) is 0 Å². The van der Waals surface area contributed by atoms with Gasteiger partial charge in [-0.3, -0.25) is 0 Å². The summed E-state index contributed by atoms with van der Waals surface area (Å²) >= 11 is 0. The van der Waals surface area contributed by atoms with Gasteiger partial charge < -0.3 is 0 Å². The molecule has 0 aliphatic rings. The number of hydrogen-bond acceptors (Lipinski definition) is 0. The van der Waals surface area contributed by atoms with Crippen molar-refractivity contribution in [3.8, 4) is 0 Å². The van der Waals surface area contributed by atoms with E-state index >= 15 is 0 Å². The van der Waals surface area contributed by atoms with Gasteiger partial charge in [-0.15, -0.1) is 0 Å². The highest BCUT2D eigenvalue weighted by Gasteiger charge is 2.06. The number of aryl methyl sites for hydroxylation is 1. The molecule has 0 fully saturated rings. The van der Waals surface area contributed by atoms with Crippen LogP contribution in [-0.2, 0) is 6.42 Å². The van der Waals surface area contributed by atoms with E-state index in [0.717, 1.165) is 11.8 Å². The van der Waals surface area contributed by atoms with Gasteiger partial charge in [-0.2, -0.15) is 0 Å². The largest absolute Gasteiger partial charge is 0.0683 e. The lowest BCUT2D eigenvalue weighted by Crippen LogP contribution is -1.95. The van der Waals surface area contributed by atoms with Crippen molar-refractivity contribution >= 4 is 0 Å². The van der Waals surface area contributed by atoms with Crippen LogP contribution in [0.25, 0.3) is 0 Å². The molecule has 0 nitrogen and oxygen atoms in total. The van der Waals surface area contributed by atoms with Crippen LogP contribution in [0.4, 0.5) is 0 Å². The average Bonchev–Trinajstić information content (AvgIpc) is 2.73. The predicted molar refractivity (Wildman–Crippen MR) is 120 cm³/mol. The first-order chi connectivity index (χ1) is 12.7. The highest BCUT2D eigenvalue weighted by molar-refractivity contribution is 5.19. The maximum absolute atomic E-state index is 2.32. The van der Waals surface area contributed by atoms with E-state index in [1.807, 2.05) is 13.8 Å². The lowest BCUT2D eigenvalue weighted by molar-refractivity contribution is 0.516. The first-order valence-corrected chi connectivity index (χ1v) is 10.8. The second kappa shape index (κ2) is 16.9. The van der Waals surface area contributed by atoms with Crippen molar-refractivity contribution in [1.29, 1.82) is 0 Å². The zero-order valence-electron chi connectivity index (χ0n) is 18.2. The molecule has 0 aliphatic carbocycles. The number of benzene rings is 2. The molecule has 0 amide bonds. The van der Waals surface area contributed by atoms with Crippen LogP contribution < -0.4 is 0 Å². The topological polar surface area (TPSA) is 0 Å². The first kappa shape index (κ1) is 24.4. The lowest BCUT2D eigenvalue weighted by Gasteiger charge is -2.13. The van der Waals surface area contributed by atoms with E-state index in [4.69, 9.17) is 0 Å². The zero-order valence-corrected chi connectivity index (χ0v) is 18.2. The van der Waals surface area contributed by atoms with Gasteiger partial charge in [-0.05, 0) is 48.6 Å². The molecule has 0 spiro atoms. The fourth-order valence-electron chi connectivity index (χ4n) is 2.94. The minimum atomic E-state index is 0.774. The summed E-state index contributed by atoms with van der Waals surface area (Å²) in [5.41, 5.74) is 2.97. The van der Waals surface area contributed by atoms with Crippen LogP contribution >= 0.6 is 0 Å². The molecule has 0 heterocycles. The molecule has 0 heteroatoms. The monoisotopic (exact) mass is 354 g/mol. The van der Waals surface area contributed by atoms with Crippen LogP contribution in [0, 0.1) is 5.92 Å². The van der Waals surface area contributed by atoms with Crippen molar-refractivity contribution in [3.63, 3.8) is 0 Å². The van der Waals surface area contributed by atoms with E-state index in [9.17, 15) is 0 Å². The maximum Gasteiger partial charge on any atom is -0.0165 e. The second-order valence-corrected chi connectivity index (χ2v) is 6.84. The fourth-order valence-corrected chi connectivity index (χ4v) is 2.94. The SMILES string of the molecule is CC.CCC(C)CCc1ccccc1.CCCC(CC)c1ccccc1. The van der Waals surface area contributed by atoms with Crippen LogP contribution in [0.2, 0.25) is 0 Å². The standard InChI is InChI=1S/2C12H18.C2H6/c1-3-11(2)9-10-12-7-5-4-6-8-12;1-3-8-11(4-2)12-9-6-5-7-10-12;1-2/h4-8,11H,3,9-10H2,1-2H3;5-7,9-11H,3-4,8H2,1-2H3;1-2H3. The van der Waals surface area contributed by atoms with Crippen LogP contribution in [0.15, 0.2) is 60.7 Å². The Labute approximate surface area is 164 Å². The molecule has 0 saturated heterocycles. The van der Waals surface area contributed by atoms with Crippen molar-refractivity contribution in [2.24, 2.45) is 5.92 Å². The van der Waals surface area contributed by atoms with Crippen LogP contribution in [0.5, 0.6) is 0 Å². The van der Waals surface area contributed by atoms with Gasteiger partial charge in [0.25, 0.3) is 0 Å². The molecule has 0 N–H and O–H groups in total. The van der Waals surface area contributed by atoms with Gasteiger partial charge in [0.05, 0.1) is 0 Å². The summed E-state index contributed by atoms with van der Waals surface area (Å²) in [5, 5.41) is 0. The molecule has 0 bridgehead atoms. The summed E-state index contributed by atoms with van der Waals surface area (Å²) in [4.78, 5) is 0. The zero-order chi connectivity index (χ0) is 19.6. The van der Waals surface area contributed by atoms with E-state index < -0.39 is 0 Å². The lowest BCUT2D eigenvalue weighted by atomic mass is 9.92. The van der Waals surface area contributed by atoms with E-state index in [1.54, 1.807) is 0 Å². The fraction of sp³-hybridized carbons (Fsp3) is 0.538. The summed E-state index contributed by atoms with van der Waals surface area (Å²) in [6.07, 6.45) is 7.72. The van der Waals surface area contributed by atoms with Gasteiger partial charge in [0.2, 0.25) is 0 Å². The third-order valence-electron chi connectivity index (χ3n) is 4.87. The van der Waals surface area contributed by atoms with Crippen molar-refractivity contribution in [2.45, 2.75) is 86.0 Å². The van der Waals surface area contributed by atoms with Crippen LogP contribution in [0.3, 0.4) is 0 Å². The third kappa shape index (κ3) is 11.1. The Balaban J connectivity index is 0.000000439. The molecular weight excluding hydrogens is 312 g/mol. The first-order valence-electron chi connectivity index (χ1n) is 10.8. The molecule has 2 unspecified atom stereocenters. The Bertz CT molecular complexity index is 500. The van der Waals surface area contributed by atoms with Crippen molar-refractivity contribution in [2.75, 3.05) is 0 Å². The van der Waals surface area contributed by atoms with E-state index in [2.05, 4.69) is 88.4 Å². The summed E-state index contributed by atoms with van der Waals surface area (Å²) in [7, 11) is 0. The summed E-state index contributed by atoms with van der Waals surface area (Å²) in [6, 6.07) is 21.6. The highest BCUT2D eigenvalue weighted by Crippen LogP contribution is 2.23. The molecule has 2 aromatic carbocycles. The quantitative estimate of drug-likeness (QED) is 0.445. The van der Waals surface area contributed by atoms with Crippen LogP contribution in [0.1, 0.15) is 90.7 Å². The molecular formula is C26H42. The van der Waals surface area contributed by atoms with Gasteiger partial charge in [-0.1, -0.05) is 115 Å². The van der Waals surface area contributed by atoms with Crippen molar-refractivity contribution in [1.82, 2.24) is 0 Å². The Hall–Kier alpha value is -1.56. The molecule has 2 atom stereocenters. The van der Waals surface area contributed by atoms with E-state index in [1.165, 1.54) is 49.7 Å². The molecule has 2 aromatic rings. The van der Waals surface area contributed by atoms with Crippen molar-refractivity contribution < 1.29 is 0 Å². The van der Waals surface area contributed by atoms with E-state index in [-0.39, 0.29) is 0 Å². The summed E-state index contributed by atoms with van der Waals surface area (Å²) in [5.74, 6) is 1.64. The Morgan fingerprint density at radius 3 is 1.69 bits per heavy atom. The molecule has 26 heavy (non-hydrogen) atoms. The maximum atomic E-state index is 2.32. The molecule has 0 aromatic heterocycles. The van der Waals surface area contributed by atoms with Gasteiger partial charge in [0.15, 0.2) is 0 Å². The molecule has 2 rings (SSSR count). The summed E-state index contributed by atoms with van der Waals surface area (Å²) in [6.45, 7) is 13.1. The predicted octanol–water partition coefficient (Wildman–Crippen LogP) is 8.67. The Morgan fingerprint density at radius 2 is 1.23 bits per heavy atom. The smallest absolute Gasteiger partial charge is 0.0165 e. The molecule has 0 radical (unpaired) electrons. The number of rotatable bonds is 8. The second-order valence-electron chi connectivity index (χ2n) is 6.84. The molecule has 0 saturated carbocycles. The van der Waals surface area contributed by atoms with Gasteiger partial charge in [0, 0.05) is 0 Å². The van der Waals surface area contributed by atoms with Gasteiger partial charge in [-0.25, -0.2) is 0 Å². The number of hydrogen-bond donors (Lipinski definition) is 0. The normalized spacial score (nSPS) is 12.1. The average molecular weight is 355 g/mol. The minimum Gasteiger partial charge on any atom is -0.0683 e. The van der Waals surface area contributed by atoms with Gasteiger partial charge >= 0.3 is 0 Å². The Kier molecular flexibility index (Phi) is 15.9. The highest BCUT2D eigenvalue weighted by atomic mass is 14.1. The molecule has 146 valence electrons. The molecule has 0 aliphatic heterocycles. The van der Waals surface area contributed by atoms with Crippen LogP contribution in [-0.4, -0.2) is 0 Å². The third-order valence-corrected chi connectivity index (χ3v) is 4.87.